The van der Waals surface area contributed by atoms with E-state index in [-0.39, 0.29) is 5.56 Å². The first kappa shape index (κ1) is 8.58. The van der Waals surface area contributed by atoms with Gasteiger partial charge in [0.05, 0.1) is 5.56 Å². The lowest BCUT2D eigenvalue weighted by Gasteiger charge is -1.96. The standard InChI is InChI=1S/C7H5BFNO2/c8-4-1-2-5(6(9)3-4)7(11)10-12/h1-3H,8H2. The highest BCUT2D eigenvalue weighted by Gasteiger charge is 2.10. The normalized spacial score (nSPS) is 9.42. The second kappa shape index (κ2) is 3.25. The van der Waals surface area contributed by atoms with Crippen LogP contribution in [0.3, 0.4) is 0 Å². The summed E-state index contributed by atoms with van der Waals surface area (Å²) in [6.45, 7) is 0. The molecule has 0 fully saturated rings. The number of hydrogen-bond donors (Lipinski definition) is 0. The Kier molecular flexibility index (Phi) is 2.33. The van der Waals surface area contributed by atoms with E-state index in [1.165, 1.54) is 12.1 Å². The maximum absolute atomic E-state index is 12.9. The molecule has 0 bridgehead atoms. The molecule has 0 spiro atoms. The van der Waals surface area contributed by atoms with Crippen molar-refractivity contribution in [3.05, 3.63) is 34.5 Å². The van der Waals surface area contributed by atoms with Gasteiger partial charge in [-0.1, -0.05) is 11.5 Å². The van der Waals surface area contributed by atoms with Crippen LogP contribution in [-0.4, -0.2) is 13.8 Å². The zero-order chi connectivity index (χ0) is 9.14. The molecule has 0 aliphatic carbocycles. The van der Waals surface area contributed by atoms with Crippen molar-refractivity contribution in [3.63, 3.8) is 0 Å². The zero-order valence-corrected chi connectivity index (χ0v) is 6.37. The molecular weight excluding hydrogens is 160 g/mol. The van der Waals surface area contributed by atoms with Crippen molar-refractivity contribution in [2.45, 2.75) is 0 Å². The summed E-state index contributed by atoms with van der Waals surface area (Å²) in [7, 11) is 1.69. The summed E-state index contributed by atoms with van der Waals surface area (Å²) in [6.07, 6.45) is 0. The van der Waals surface area contributed by atoms with Crippen molar-refractivity contribution in [1.82, 2.24) is 0 Å². The number of hydrogen-bond acceptors (Lipinski definition) is 2. The summed E-state index contributed by atoms with van der Waals surface area (Å²) < 4.78 is 12.9. The van der Waals surface area contributed by atoms with Gasteiger partial charge in [-0.3, -0.25) is 4.79 Å². The summed E-state index contributed by atoms with van der Waals surface area (Å²) in [6, 6.07) is 3.97. The molecule has 0 aromatic heterocycles. The first-order chi connectivity index (χ1) is 5.65. The van der Waals surface area contributed by atoms with E-state index in [9.17, 15) is 14.1 Å². The van der Waals surface area contributed by atoms with Gasteiger partial charge in [0, 0.05) is 5.18 Å². The Morgan fingerprint density at radius 2 is 2.17 bits per heavy atom. The van der Waals surface area contributed by atoms with Crippen LogP contribution in [0, 0.1) is 10.7 Å². The lowest BCUT2D eigenvalue weighted by Crippen LogP contribution is -2.07. The van der Waals surface area contributed by atoms with Gasteiger partial charge in [0.1, 0.15) is 13.7 Å². The van der Waals surface area contributed by atoms with E-state index in [2.05, 4.69) is 5.18 Å². The Morgan fingerprint density at radius 1 is 1.50 bits per heavy atom. The van der Waals surface area contributed by atoms with Gasteiger partial charge >= 0.3 is 5.91 Å². The molecule has 1 aromatic carbocycles. The van der Waals surface area contributed by atoms with Crippen LogP contribution < -0.4 is 5.46 Å². The van der Waals surface area contributed by atoms with E-state index < -0.39 is 11.7 Å². The largest absolute Gasteiger partial charge is 0.319 e. The van der Waals surface area contributed by atoms with Gasteiger partial charge in [-0.05, 0) is 12.1 Å². The fraction of sp³-hybridized carbons (Fsp3) is 0. The molecule has 0 atom stereocenters. The van der Waals surface area contributed by atoms with Crippen molar-refractivity contribution in [1.29, 1.82) is 0 Å². The topological polar surface area (TPSA) is 46.5 Å². The summed E-state index contributed by atoms with van der Waals surface area (Å²) in [4.78, 5) is 20.4. The molecule has 0 radical (unpaired) electrons. The Labute approximate surface area is 69.0 Å². The highest BCUT2D eigenvalue weighted by Crippen LogP contribution is 2.05. The van der Waals surface area contributed by atoms with Gasteiger partial charge in [0.2, 0.25) is 0 Å². The Bertz CT molecular complexity index is 340. The minimum Gasteiger partial charge on any atom is -0.263 e. The van der Waals surface area contributed by atoms with Gasteiger partial charge in [0.25, 0.3) is 0 Å². The molecule has 1 rings (SSSR count). The van der Waals surface area contributed by atoms with Crippen LogP contribution in [0.25, 0.3) is 0 Å². The first-order valence-electron chi connectivity index (χ1n) is 3.29. The van der Waals surface area contributed by atoms with Crippen molar-refractivity contribution >= 4 is 19.2 Å². The molecule has 12 heavy (non-hydrogen) atoms. The van der Waals surface area contributed by atoms with Gasteiger partial charge in [-0.2, -0.15) is 0 Å². The maximum atomic E-state index is 12.9. The molecule has 60 valence electrons. The third-order valence-corrected chi connectivity index (χ3v) is 1.44. The van der Waals surface area contributed by atoms with Crippen molar-refractivity contribution in [2.24, 2.45) is 5.18 Å². The van der Waals surface area contributed by atoms with E-state index in [4.69, 9.17) is 0 Å². The SMILES string of the molecule is Bc1ccc(C(=O)N=O)c(F)c1. The number of carbonyl (C=O) groups excluding carboxylic acids is 1. The second-order valence-electron chi connectivity index (χ2n) is 2.38. The number of nitrogens with zero attached hydrogens (tertiary/aromatic N) is 1. The molecule has 1 aromatic rings. The average molecular weight is 165 g/mol. The predicted molar refractivity (Wildman–Crippen MR) is 44.7 cm³/mol. The van der Waals surface area contributed by atoms with Crippen molar-refractivity contribution in [2.75, 3.05) is 0 Å². The van der Waals surface area contributed by atoms with E-state index in [0.717, 1.165) is 0 Å². The Hall–Kier alpha value is -1.52. The van der Waals surface area contributed by atoms with Crippen LogP contribution in [0.5, 0.6) is 0 Å². The summed E-state index contributed by atoms with van der Waals surface area (Å²) in [5, 5.41) is 2.12. The lowest BCUT2D eigenvalue weighted by molar-refractivity contribution is 0.0997. The number of benzene rings is 1. The molecule has 0 aliphatic rings. The molecule has 0 heterocycles. The van der Waals surface area contributed by atoms with Gasteiger partial charge in [-0.15, -0.1) is 4.91 Å². The molecule has 0 N–H and O–H groups in total. The van der Waals surface area contributed by atoms with Crippen LogP contribution in [0.1, 0.15) is 10.4 Å². The molecule has 0 saturated carbocycles. The second-order valence-corrected chi connectivity index (χ2v) is 2.38. The molecular formula is C7H5BFNO2. The Morgan fingerprint density at radius 3 is 2.67 bits per heavy atom. The van der Waals surface area contributed by atoms with Gasteiger partial charge in [0.15, 0.2) is 0 Å². The minimum absolute atomic E-state index is 0.282. The summed E-state index contributed by atoms with van der Waals surface area (Å²) >= 11 is 0. The number of nitroso groups, excluding NO2 is 1. The van der Waals surface area contributed by atoms with E-state index >= 15 is 0 Å². The summed E-state index contributed by atoms with van der Waals surface area (Å²) in [5.74, 6) is -1.79. The van der Waals surface area contributed by atoms with E-state index in [0.29, 0.717) is 5.46 Å². The fourth-order valence-corrected chi connectivity index (χ4v) is 0.843. The van der Waals surface area contributed by atoms with Crippen LogP contribution in [-0.2, 0) is 0 Å². The van der Waals surface area contributed by atoms with Crippen LogP contribution in [0.4, 0.5) is 4.39 Å². The van der Waals surface area contributed by atoms with E-state index in [1.807, 2.05) is 0 Å². The van der Waals surface area contributed by atoms with Crippen LogP contribution in [0.2, 0.25) is 0 Å². The average Bonchev–Trinajstić information content (AvgIpc) is 2.03. The molecule has 0 aliphatic heterocycles. The number of amides is 1. The molecule has 0 unspecified atom stereocenters. The third-order valence-electron chi connectivity index (χ3n) is 1.44. The van der Waals surface area contributed by atoms with Crippen LogP contribution in [0.15, 0.2) is 23.4 Å². The van der Waals surface area contributed by atoms with Crippen LogP contribution >= 0.6 is 0 Å². The molecule has 0 saturated heterocycles. The predicted octanol–water partition coefficient (Wildman–Crippen LogP) is -0.00930. The number of carbonyl (C=O) groups is 1. The maximum Gasteiger partial charge on any atom is 0.319 e. The molecule has 1 amide bonds. The smallest absolute Gasteiger partial charge is 0.263 e. The van der Waals surface area contributed by atoms with E-state index in [1.54, 1.807) is 13.9 Å². The lowest BCUT2D eigenvalue weighted by atomic mass is 9.95. The Balaban J connectivity index is 3.18. The summed E-state index contributed by atoms with van der Waals surface area (Å²) in [5.41, 5.74) is 0.408. The zero-order valence-electron chi connectivity index (χ0n) is 6.37. The highest BCUT2D eigenvalue weighted by atomic mass is 19.1. The first-order valence-corrected chi connectivity index (χ1v) is 3.29. The number of rotatable bonds is 1. The monoisotopic (exact) mass is 165 g/mol. The number of halogens is 1. The fourth-order valence-electron chi connectivity index (χ4n) is 0.843. The highest BCUT2D eigenvalue weighted by molar-refractivity contribution is 6.32. The quantitative estimate of drug-likeness (QED) is 0.433. The van der Waals surface area contributed by atoms with Gasteiger partial charge < -0.3 is 0 Å². The minimum atomic E-state index is -1.08. The third kappa shape index (κ3) is 1.55. The molecule has 3 nitrogen and oxygen atoms in total. The van der Waals surface area contributed by atoms with Crippen molar-refractivity contribution in [3.8, 4) is 0 Å². The molecule has 5 heteroatoms. The van der Waals surface area contributed by atoms with Gasteiger partial charge in [-0.25, -0.2) is 4.39 Å². The van der Waals surface area contributed by atoms with Crippen molar-refractivity contribution < 1.29 is 9.18 Å².